The lowest BCUT2D eigenvalue weighted by atomic mass is 10.2. The van der Waals surface area contributed by atoms with Gasteiger partial charge in [0.15, 0.2) is 0 Å². The predicted molar refractivity (Wildman–Crippen MR) is 53.5 cm³/mol. The van der Waals surface area contributed by atoms with Crippen molar-refractivity contribution in [3.8, 4) is 0 Å². The van der Waals surface area contributed by atoms with Crippen molar-refractivity contribution in [1.82, 2.24) is 0 Å². The molecule has 0 aliphatic rings. The predicted octanol–water partition coefficient (Wildman–Crippen LogP) is 3.46. The van der Waals surface area contributed by atoms with Gasteiger partial charge in [-0.05, 0) is 18.2 Å². The van der Waals surface area contributed by atoms with Crippen molar-refractivity contribution in [3.63, 3.8) is 0 Å². The molecule has 3 nitrogen and oxygen atoms in total. The molecule has 0 saturated carbocycles. The highest BCUT2D eigenvalue weighted by molar-refractivity contribution is 7.17. The molecule has 0 aliphatic carbocycles. The largest absolute Gasteiger partial charge is 0.287 e. The van der Waals surface area contributed by atoms with Gasteiger partial charge in [-0.25, -0.2) is 0 Å². The first-order valence-electron chi connectivity index (χ1n) is 3.49. The summed E-state index contributed by atoms with van der Waals surface area (Å²) in [5.74, 6) is 0. The number of rotatable bonds is 1. The highest BCUT2D eigenvalue weighted by Crippen LogP contribution is 2.33. The van der Waals surface area contributed by atoms with Gasteiger partial charge in [0.05, 0.1) is 15.7 Å². The summed E-state index contributed by atoms with van der Waals surface area (Å²) in [6.45, 7) is 0. The maximum absolute atomic E-state index is 10.5. The fourth-order valence-corrected chi connectivity index (χ4v) is 2.31. The number of hydrogen-bond acceptors (Lipinski definition) is 3. The van der Waals surface area contributed by atoms with E-state index >= 15 is 0 Å². The minimum Gasteiger partial charge on any atom is -0.258 e. The van der Waals surface area contributed by atoms with Crippen molar-refractivity contribution in [2.75, 3.05) is 0 Å². The first-order chi connectivity index (χ1) is 6.18. The normalized spacial score (nSPS) is 10.5. The molecule has 0 aliphatic heterocycles. The minimum atomic E-state index is -0.382. The minimum absolute atomic E-state index is 0.150. The van der Waals surface area contributed by atoms with Crippen LogP contribution < -0.4 is 0 Å². The average molecular weight is 214 g/mol. The number of hydrogen-bond donors (Lipinski definition) is 0. The third kappa shape index (κ3) is 1.38. The summed E-state index contributed by atoms with van der Waals surface area (Å²) in [5.41, 5.74) is 0.150. The van der Waals surface area contributed by atoms with Gasteiger partial charge in [-0.3, -0.25) is 10.1 Å². The summed E-state index contributed by atoms with van der Waals surface area (Å²) in [6, 6.07) is 5.06. The molecule has 66 valence electrons. The Balaban J connectivity index is 2.76. The number of fused-ring (bicyclic) bond motifs is 1. The summed E-state index contributed by atoms with van der Waals surface area (Å²) < 4.78 is 0.846. The lowest BCUT2D eigenvalue weighted by Gasteiger charge is -1.90. The molecule has 2 rings (SSSR count). The summed E-state index contributed by atoms with van der Waals surface area (Å²) in [5, 5.41) is 13.3. The molecule has 0 fully saturated rings. The van der Waals surface area contributed by atoms with E-state index < -0.39 is 0 Å². The van der Waals surface area contributed by atoms with E-state index in [0.29, 0.717) is 10.4 Å². The third-order valence-electron chi connectivity index (χ3n) is 1.71. The van der Waals surface area contributed by atoms with Gasteiger partial charge < -0.3 is 0 Å². The number of nitro groups is 1. The SMILES string of the molecule is O=[N+]([O-])c1csc2cc(Cl)ccc12. The molecular weight excluding hydrogens is 210 g/mol. The molecule has 13 heavy (non-hydrogen) atoms. The highest BCUT2D eigenvalue weighted by Gasteiger charge is 2.13. The molecule has 0 bridgehead atoms. The Kier molecular flexibility index (Phi) is 1.94. The van der Waals surface area contributed by atoms with E-state index in [0.717, 1.165) is 4.70 Å². The average Bonchev–Trinajstić information content (AvgIpc) is 2.46. The van der Waals surface area contributed by atoms with Crippen molar-refractivity contribution in [3.05, 3.63) is 38.7 Å². The second kappa shape index (κ2) is 2.97. The molecule has 0 atom stereocenters. The van der Waals surface area contributed by atoms with Crippen molar-refractivity contribution >= 4 is 38.7 Å². The molecule has 0 spiro atoms. The lowest BCUT2D eigenvalue weighted by molar-refractivity contribution is -0.382. The second-order valence-corrected chi connectivity index (χ2v) is 3.87. The van der Waals surface area contributed by atoms with Crippen LogP contribution in [0.25, 0.3) is 10.1 Å². The molecule has 1 heterocycles. The van der Waals surface area contributed by atoms with E-state index in [1.54, 1.807) is 18.2 Å². The highest BCUT2D eigenvalue weighted by atomic mass is 35.5. The van der Waals surface area contributed by atoms with Gasteiger partial charge in [0.25, 0.3) is 5.69 Å². The van der Waals surface area contributed by atoms with Gasteiger partial charge in [0.1, 0.15) is 0 Å². The van der Waals surface area contributed by atoms with Crippen molar-refractivity contribution < 1.29 is 4.92 Å². The Morgan fingerprint density at radius 2 is 2.23 bits per heavy atom. The number of thiophene rings is 1. The Morgan fingerprint density at radius 3 is 2.92 bits per heavy atom. The van der Waals surface area contributed by atoms with Crippen LogP contribution in [0.3, 0.4) is 0 Å². The fraction of sp³-hybridized carbons (Fsp3) is 0. The van der Waals surface area contributed by atoms with Gasteiger partial charge in [0.2, 0.25) is 0 Å². The summed E-state index contributed by atoms with van der Waals surface area (Å²) in [7, 11) is 0. The molecule has 2 aromatic rings. The Morgan fingerprint density at radius 1 is 1.46 bits per heavy atom. The first kappa shape index (κ1) is 8.47. The van der Waals surface area contributed by atoms with Crippen LogP contribution >= 0.6 is 22.9 Å². The van der Waals surface area contributed by atoms with Gasteiger partial charge in [-0.2, -0.15) is 0 Å². The van der Waals surface area contributed by atoms with Crippen molar-refractivity contribution in [2.45, 2.75) is 0 Å². The van der Waals surface area contributed by atoms with Crippen molar-refractivity contribution in [1.29, 1.82) is 0 Å². The quantitative estimate of drug-likeness (QED) is 0.538. The fourth-order valence-electron chi connectivity index (χ4n) is 1.13. The van der Waals surface area contributed by atoms with Crippen LogP contribution in [-0.2, 0) is 0 Å². The number of nitrogens with zero attached hydrogens (tertiary/aromatic N) is 1. The van der Waals surface area contributed by atoms with Crippen LogP contribution in [0.15, 0.2) is 23.6 Å². The summed E-state index contributed by atoms with van der Waals surface area (Å²) in [4.78, 5) is 10.2. The zero-order valence-electron chi connectivity index (χ0n) is 6.36. The van der Waals surface area contributed by atoms with E-state index in [1.165, 1.54) is 16.7 Å². The molecule has 0 unspecified atom stereocenters. The molecule has 5 heteroatoms. The van der Waals surface area contributed by atoms with Crippen LogP contribution in [0.4, 0.5) is 5.69 Å². The molecule has 0 radical (unpaired) electrons. The van der Waals surface area contributed by atoms with E-state index in [4.69, 9.17) is 11.6 Å². The zero-order chi connectivity index (χ0) is 9.42. The molecule has 0 amide bonds. The van der Waals surface area contributed by atoms with Gasteiger partial charge in [-0.15, -0.1) is 11.3 Å². The second-order valence-electron chi connectivity index (χ2n) is 2.52. The van der Waals surface area contributed by atoms with E-state index in [1.807, 2.05) is 0 Å². The number of halogens is 1. The Bertz CT molecular complexity index is 480. The Labute approximate surface area is 82.7 Å². The molecular formula is C8H4ClNO2S. The smallest absolute Gasteiger partial charge is 0.258 e. The lowest BCUT2D eigenvalue weighted by Crippen LogP contribution is -1.84. The Hall–Kier alpha value is -1.13. The zero-order valence-corrected chi connectivity index (χ0v) is 7.93. The third-order valence-corrected chi connectivity index (χ3v) is 2.88. The van der Waals surface area contributed by atoms with E-state index in [2.05, 4.69) is 0 Å². The number of benzene rings is 1. The molecule has 1 aromatic carbocycles. The summed E-state index contributed by atoms with van der Waals surface area (Å²) in [6.07, 6.45) is 0. The topological polar surface area (TPSA) is 43.1 Å². The molecule has 0 saturated heterocycles. The maximum Gasteiger partial charge on any atom is 0.287 e. The van der Waals surface area contributed by atoms with Gasteiger partial charge in [0, 0.05) is 9.72 Å². The van der Waals surface area contributed by atoms with Crippen LogP contribution in [0.5, 0.6) is 0 Å². The molecule has 1 aromatic heterocycles. The van der Waals surface area contributed by atoms with Gasteiger partial charge >= 0.3 is 0 Å². The monoisotopic (exact) mass is 213 g/mol. The maximum atomic E-state index is 10.5. The van der Waals surface area contributed by atoms with Crippen LogP contribution in [0.1, 0.15) is 0 Å². The van der Waals surface area contributed by atoms with Gasteiger partial charge in [-0.1, -0.05) is 11.6 Å². The van der Waals surface area contributed by atoms with Crippen molar-refractivity contribution in [2.24, 2.45) is 0 Å². The van der Waals surface area contributed by atoms with E-state index in [-0.39, 0.29) is 10.6 Å². The van der Waals surface area contributed by atoms with E-state index in [9.17, 15) is 10.1 Å². The standard InChI is InChI=1S/C8H4ClNO2S/c9-5-1-2-6-7(10(11)12)4-13-8(6)3-5/h1-4H. The van der Waals surface area contributed by atoms with Crippen LogP contribution in [0.2, 0.25) is 5.02 Å². The molecule has 0 N–H and O–H groups in total. The van der Waals surface area contributed by atoms with Crippen LogP contribution in [-0.4, -0.2) is 4.92 Å². The van der Waals surface area contributed by atoms with Crippen LogP contribution in [0, 0.1) is 10.1 Å². The first-order valence-corrected chi connectivity index (χ1v) is 4.75. The summed E-state index contributed by atoms with van der Waals surface area (Å²) >= 11 is 7.07.